The van der Waals surface area contributed by atoms with E-state index in [-0.39, 0.29) is 11.2 Å². The largest absolute Gasteiger partial charge is 0.355 e. The molecule has 0 bridgehead atoms. The van der Waals surface area contributed by atoms with Gasteiger partial charge in [-0.1, -0.05) is 6.07 Å². The van der Waals surface area contributed by atoms with Gasteiger partial charge >= 0.3 is 0 Å². The molecule has 2 heterocycles. The fourth-order valence-corrected chi connectivity index (χ4v) is 1.91. The van der Waals surface area contributed by atoms with Crippen molar-refractivity contribution in [3.63, 3.8) is 0 Å². The molecule has 0 radical (unpaired) electrons. The topological polar surface area (TPSA) is 59.3 Å². The third-order valence-corrected chi connectivity index (χ3v) is 3.68. The Labute approximate surface area is 110 Å². The van der Waals surface area contributed by atoms with Crippen LogP contribution in [0.1, 0.15) is 12.7 Å². The zero-order chi connectivity index (χ0) is 13.0. The number of nitrogens with zero attached hydrogens (tertiary/aromatic N) is 3. The van der Waals surface area contributed by atoms with Crippen LogP contribution in [0.2, 0.25) is 0 Å². The van der Waals surface area contributed by atoms with Crippen LogP contribution in [0.25, 0.3) is 5.65 Å². The van der Waals surface area contributed by atoms with Gasteiger partial charge < -0.3 is 5.32 Å². The van der Waals surface area contributed by atoms with Crippen LogP contribution in [0.3, 0.4) is 0 Å². The summed E-state index contributed by atoms with van der Waals surface area (Å²) in [6, 6.07) is 5.77. The van der Waals surface area contributed by atoms with Gasteiger partial charge in [-0.3, -0.25) is 9.20 Å². The average molecular weight is 264 g/mol. The van der Waals surface area contributed by atoms with Crippen molar-refractivity contribution in [3.8, 4) is 0 Å². The van der Waals surface area contributed by atoms with E-state index in [0.717, 1.165) is 11.5 Å². The molecular weight excluding hydrogens is 248 g/mol. The van der Waals surface area contributed by atoms with E-state index in [4.69, 9.17) is 0 Å². The summed E-state index contributed by atoms with van der Waals surface area (Å²) in [5.74, 6) is 0.930. The van der Waals surface area contributed by atoms with E-state index in [1.165, 1.54) is 11.8 Å². The first kappa shape index (κ1) is 12.9. The molecular formula is C12H16N4OS. The Bertz CT molecular complexity index is 540. The zero-order valence-electron chi connectivity index (χ0n) is 10.5. The molecule has 0 spiro atoms. The Morgan fingerprint density at radius 2 is 2.33 bits per heavy atom. The molecule has 18 heavy (non-hydrogen) atoms. The third-order valence-electron chi connectivity index (χ3n) is 2.75. The number of hydrogen-bond acceptors (Lipinski definition) is 4. The predicted molar refractivity (Wildman–Crippen MR) is 72.7 cm³/mol. The van der Waals surface area contributed by atoms with Crippen molar-refractivity contribution in [1.82, 2.24) is 19.9 Å². The molecule has 0 unspecified atom stereocenters. The van der Waals surface area contributed by atoms with Gasteiger partial charge in [-0.2, -0.15) is 11.8 Å². The molecule has 0 saturated heterocycles. The lowest BCUT2D eigenvalue weighted by molar-refractivity contribution is -0.120. The third kappa shape index (κ3) is 2.81. The standard InChI is InChI=1S/C12H16N4OS/c1-9(18-2)12(17)13-7-6-11-15-14-10-5-3-4-8-16(10)11/h3-5,8-9H,6-7H2,1-2H3,(H,13,17)/t9-/m1/s1. The molecule has 2 aromatic heterocycles. The SMILES string of the molecule is CS[C@H](C)C(=O)NCCc1nnc2ccccn12. The number of aromatic nitrogens is 3. The quantitative estimate of drug-likeness (QED) is 0.880. The summed E-state index contributed by atoms with van der Waals surface area (Å²) < 4.78 is 1.93. The second kappa shape index (κ2) is 5.86. The van der Waals surface area contributed by atoms with E-state index in [1.54, 1.807) is 0 Å². The number of thioether (sulfide) groups is 1. The highest BCUT2D eigenvalue weighted by molar-refractivity contribution is 7.99. The molecule has 0 fully saturated rings. The van der Waals surface area contributed by atoms with Gasteiger partial charge in [0.05, 0.1) is 5.25 Å². The van der Waals surface area contributed by atoms with Crippen LogP contribution in [0.15, 0.2) is 24.4 Å². The van der Waals surface area contributed by atoms with E-state index in [2.05, 4.69) is 15.5 Å². The summed E-state index contributed by atoms with van der Waals surface area (Å²) in [6.45, 7) is 2.48. The van der Waals surface area contributed by atoms with Crippen molar-refractivity contribution >= 4 is 23.3 Å². The van der Waals surface area contributed by atoms with E-state index in [9.17, 15) is 4.79 Å². The van der Waals surface area contributed by atoms with Gasteiger partial charge in [-0.05, 0) is 25.3 Å². The predicted octanol–water partition coefficient (Wildman–Crippen LogP) is 1.14. The van der Waals surface area contributed by atoms with E-state index in [1.807, 2.05) is 42.0 Å². The monoisotopic (exact) mass is 264 g/mol. The van der Waals surface area contributed by atoms with Crippen LogP contribution in [-0.4, -0.2) is 38.6 Å². The first-order chi connectivity index (χ1) is 8.72. The van der Waals surface area contributed by atoms with Crippen molar-refractivity contribution < 1.29 is 4.79 Å². The molecule has 0 aliphatic rings. The fraction of sp³-hybridized carbons (Fsp3) is 0.417. The molecule has 1 atom stereocenters. The van der Waals surface area contributed by atoms with Crippen molar-refractivity contribution in [1.29, 1.82) is 0 Å². The maximum Gasteiger partial charge on any atom is 0.232 e. The second-order valence-electron chi connectivity index (χ2n) is 3.96. The summed E-state index contributed by atoms with van der Waals surface area (Å²) in [5, 5.41) is 11.1. The molecule has 1 N–H and O–H groups in total. The van der Waals surface area contributed by atoms with Crippen LogP contribution < -0.4 is 5.32 Å². The highest BCUT2D eigenvalue weighted by Crippen LogP contribution is 2.05. The van der Waals surface area contributed by atoms with Crippen LogP contribution >= 0.6 is 11.8 Å². The highest BCUT2D eigenvalue weighted by Gasteiger charge is 2.10. The van der Waals surface area contributed by atoms with Crippen molar-refractivity contribution in [3.05, 3.63) is 30.2 Å². The molecule has 6 heteroatoms. The number of fused-ring (bicyclic) bond motifs is 1. The van der Waals surface area contributed by atoms with Gasteiger partial charge in [0.15, 0.2) is 5.65 Å². The van der Waals surface area contributed by atoms with Gasteiger partial charge in [0.25, 0.3) is 0 Å². The number of carbonyl (C=O) groups excluding carboxylic acids is 1. The molecule has 0 aliphatic carbocycles. The van der Waals surface area contributed by atoms with Crippen molar-refractivity contribution in [2.75, 3.05) is 12.8 Å². The number of hydrogen-bond donors (Lipinski definition) is 1. The zero-order valence-corrected chi connectivity index (χ0v) is 11.3. The van der Waals surface area contributed by atoms with Gasteiger partial charge in [0.1, 0.15) is 5.82 Å². The summed E-state index contributed by atoms with van der Waals surface area (Å²) in [4.78, 5) is 11.6. The Morgan fingerprint density at radius 3 is 3.11 bits per heavy atom. The smallest absolute Gasteiger partial charge is 0.232 e. The molecule has 2 rings (SSSR count). The van der Waals surface area contributed by atoms with Crippen LogP contribution in [0.4, 0.5) is 0 Å². The Hall–Kier alpha value is -1.56. The molecule has 0 aliphatic heterocycles. The molecule has 5 nitrogen and oxygen atoms in total. The Balaban J connectivity index is 1.93. The minimum absolute atomic E-state index is 0.0138. The number of rotatable bonds is 5. The fourth-order valence-electron chi connectivity index (χ4n) is 1.61. The minimum atomic E-state index is -0.0138. The maximum atomic E-state index is 11.6. The van der Waals surface area contributed by atoms with Gasteiger partial charge in [-0.15, -0.1) is 10.2 Å². The van der Waals surface area contributed by atoms with Crippen LogP contribution in [0.5, 0.6) is 0 Å². The average Bonchev–Trinajstić information content (AvgIpc) is 2.81. The van der Waals surface area contributed by atoms with Crippen LogP contribution in [-0.2, 0) is 11.2 Å². The van der Waals surface area contributed by atoms with Gasteiger partial charge in [0.2, 0.25) is 5.91 Å². The number of pyridine rings is 1. The second-order valence-corrected chi connectivity index (χ2v) is 5.14. The summed E-state index contributed by atoms with van der Waals surface area (Å²) in [6.07, 6.45) is 4.53. The summed E-state index contributed by atoms with van der Waals surface area (Å²) in [7, 11) is 0. The lowest BCUT2D eigenvalue weighted by atomic mass is 10.3. The van der Waals surface area contributed by atoms with Crippen LogP contribution in [0, 0.1) is 0 Å². The Kier molecular flexibility index (Phi) is 4.19. The van der Waals surface area contributed by atoms with Crippen molar-refractivity contribution in [2.45, 2.75) is 18.6 Å². The van der Waals surface area contributed by atoms with E-state index >= 15 is 0 Å². The summed E-state index contributed by atoms with van der Waals surface area (Å²) >= 11 is 1.54. The highest BCUT2D eigenvalue weighted by atomic mass is 32.2. The molecule has 0 aromatic carbocycles. The number of nitrogens with one attached hydrogen (secondary N) is 1. The van der Waals surface area contributed by atoms with E-state index in [0.29, 0.717) is 13.0 Å². The van der Waals surface area contributed by atoms with Gasteiger partial charge in [0, 0.05) is 19.2 Å². The normalized spacial score (nSPS) is 12.6. The Morgan fingerprint density at radius 1 is 1.50 bits per heavy atom. The summed E-state index contributed by atoms with van der Waals surface area (Å²) in [5.41, 5.74) is 0.830. The first-order valence-electron chi connectivity index (χ1n) is 5.81. The molecule has 96 valence electrons. The van der Waals surface area contributed by atoms with E-state index < -0.39 is 0 Å². The first-order valence-corrected chi connectivity index (χ1v) is 7.10. The molecule has 2 aromatic rings. The van der Waals surface area contributed by atoms with Gasteiger partial charge in [-0.25, -0.2) is 0 Å². The lowest BCUT2D eigenvalue weighted by Crippen LogP contribution is -2.32. The van der Waals surface area contributed by atoms with Crippen molar-refractivity contribution in [2.24, 2.45) is 0 Å². The lowest BCUT2D eigenvalue weighted by Gasteiger charge is -2.08. The number of amides is 1. The number of carbonyl (C=O) groups is 1. The molecule has 1 amide bonds. The minimum Gasteiger partial charge on any atom is -0.355 e. The maximum absolute atomic E-state index is 11.6. The molecule has 0 saturated carbocycles.